The number of halogens is 1. The van der Waals surface area contributed by atoms with Crippen molar-refractivity contribution in [1.29, 1.82) is 0 Å². The number of nitrogens with zero attached hydrogens (tertiary/aromatic N) is 1. The molecule has 1 aromatic heterocycles. The molecule has 1 amide bonds. The minimum Gasteiger partial charge on any atom is -0.481 e. The first kappa shape index (κ1) is 32.6. The summed E-state index contributed by atoms with van der Waals surface area (Å²) in [4.78, 5) is 25.2. The third-order valence-electron chi connectivity index (χ3n) is 7.58. The number of carbonyl (C=O) groups excluding carboxylic acids is 1. The number of carbonyl (C=O) groups is 2. The van der Waals surface area contributed by atoms with Gasteiger partial charge in [-0.15, -0.1) is 0 Å². The van der Waals surface area contributed by atoms with E-state index < -0.39 is 24.6 Å². The summed E-state index contributed by atoms with van der Waals surface area (Å²) in [5.74, 6) is -1.82. The second-order valence-electron chi connectivity index (χ2n) is 11.3. The molecule has 0 unspecified atom stereocenters. The van der Waals surface area contributed by atoms with Crippen molar-refractivity contribution in [3.05, 3.63) is 107 Å². The molecule has 0 saturated heterocycles. The van der Waals surface area contributed by atoms with Crippen molar-refractivity contribution < 1.29 is 29.3 Å². The standard InChI is InChI=1S/C35H40FN3O5/c1-22(2)39-30(16-15-28(40)18-29(41)19-31(42)43)32(26-11-13-27(36)14-12-26)33(25-9-4-3-5-10-25)34(39)35(44)38-21-24-8-6-7-23(17-24)20-37/h3-14,17,22,28-29,40-41H,15-16,18-21,37H2,1-2H3,(H,38,44)(H,42,43)/t28-,29-/m1/s1. The number of aliphatic hydroxyl groups is 2. The van der Waals surface area contributed by atoms with Gasteiger partial charge in [0.05, 0.1) is 18.6 Å². The summed E-state index contributed by atoms with van der Waals surface area (Å²) in [7, 11) is 0. The van der Waals surface area contributed by atoms with Gasteiger partial charge in [-0.25, -0.2) is 4.39 Å². The second-order valence-corrected chi connectivity index (χ2v) is 11.3. The lowest BCUT2D eigenvalue weighted by atomic mass is 9.92. The van der Waals surface area contributed by atoms with Crippen LogP contribution in [0.4, 0.5) is 4.39 Å². The Labute approximate surface area is 257 Å². The van der Waals surface area contributed by atoms with Crippen molar-refractivity contribution in [1.82, 2.24) is 9.88 Å². The molecule has 0 spiro atoms. The Kier molecular flexibility index (Phi) is 11.1. The van der Waals surface area contributed by atoms with Crippen LogP contribution in [0.15, 0.2) is 78.9 Å². The van der Waals surface area contributed by atoms with E-state index in [1.807, 2.05) is 73.0 Å². The third kappa shape index (κ3) is 7.99. The minimum atomic E-state index is -1.19. The molecule has 9 heteroatoms. The van der Waals surface area contributed by atoms with Gasteiger partial charge in [0.15, 0.2) is 0 Å². The molecular weight excluding hydrogens is 561 g/mol. The average molecular weight is 602 g/mol. The first-order valence-electron chi connectivity index (χ1n) is 14.8. The number of aliphatic hydroxyl groups excluding tert-OH is 2. The highest BCUT2D eigenvalue weighted by atomic mass is 19.1. The normalized spacial score (nSPS) is 12.7. The Bertz CT molecular complexity index is 1570. The number of aromatic nitrogens is 1. The topological polar surface area (TPSA) is 138 Å². The van der Waals surface area contributed by atoms with Gasteiger partial charge in [-0.3, -0.25) is 9.59 Å². The molecule has 4 aromatic rings. The van der Waals surface area contributed by atoms with Gasteiger partial charge in [-0.2, -0.15) is 0 Å². The summed E-state index contributed by atoms with van der Waals surface area (Å²) in [5.41, 5.74) is 11.8. The zero-order valence-corrected chi connectivity index (χ0v) is 25.0. The summed E-state index contributed by atoms with van der Waals surface area (Å²) in [6.07, 6.45) is -2.19. The van der Waals surface area contributed by atoms with Crippen LogP contribution in [0.25, 0.3) is 22.3 Å². The average Bonchev–Trinajstić information content (AvgIpc) is 3.35. The zero-order chi connectivity index (χ0) is 31.8. The van der Waals surface area contributed by atoms with E-state index in [0.29, 0.717) is 29.8 Å². The number of nitrogens with one attached hydrogen (secondary N) is 1. The van der Waals surface area contributed by atoms with Crippen LogP contribution >= 0.6 is 0 Å². The molecule has 232 valence electrons. The van der Waals surface area contributed by atoms with Crippen molar-refractivity contribution in [2.24, 2.45) is 5.73 Å². The van der Waals surface area contributed by atoms with E-state index in [9.17, 15) is 24.2 Å². The number of carboxylic acids is 1. The zero-order valence-electron chi connectivity index (χ0n) is 25.0. The molecule has 6 N–H and O–H groups in total. The molecule has 1 heterocycles. The number of aliphatic carboxylic acids is 1. The van der Waals surface area contributed by atoms with Gasteiger partial charge in [-0.1, -0.05) is 66.7 Å². The van der Waals surface area contributed by atoms with E-state index in [2.05, 4.69) is 5.32 Å². The molecule has 2 atom stereocenters. The molecular formula is C35H40FN3O5. The predicted molar refractivity (Wildman–Crippen MR) is 168 cm³/mol. The van der Waals surface area contributed by atoms with Crippen LogP contribution in [-0.2, 0) is 24.3 Å². The highest BCUT2D eigenvalue weighted by Gasteiger charge is 2.30. The summed E-state index contributed by atoms with van der Waals surface area (Å²) < 4.78 is 16.0. The van der Waals surface area contributed by atoms with Gasteiger partial charge in [0.2, 0.25) is 0 Å². The number of benzene rings is 3. The van der Waals surface area contributed by atoms with E-state index >= 15 is 0 Å². The summed E-state index contributed by atoms with van der Waals surface area (Å²) in [5, 5.41) is 33.0. The summed E-state index contributed by atoms with van der Waals surface area (Å²) in [6.45, 7) is 4.62. The minimum absolute atomic E-state index is 0.0959. The first-order valence-corrected chi connectivity index (χ1v) is 14.8. The number of carboxylic acid groups (broad SMARTS) is 1. The van der Waals surface area contributed by atoms with Crippen molar-refractivity contribution in [2.75, 3.05) is 0 Å². The molecule has 0 aliphatic rings. The SMILES string of the molecule is CC(C)n1c(CC[C@@H](O)C[C@@H](O)CC(=O)O)c(-c2ccc(F)cc2)c(-c2ccccc2)c1C(=O)NCc1cccc(CN)c1. The van der Waals surface area contributed by atoms with Crippen molar-refractivity contribution in [3.63, 3.8) is 0 Å². The molecule has 0 aliphatic heterocycles. The van der Waals surface area contributed by atoms with Crippen molar-refractivity contribution in [3.8, 4) is 22.3 Å². The molecule has 0 saturated carbocycles. The molecule has 3 aromatic carbocycles. The number of rotatable bonds is 14. The van der Waals surface area contributed by atoms with Gasteiger partial charge in [0, 0.05) is 36.0 Å². The lowest BCUT2D eigenvalue weighted by Gasteiger charge is -2.20. The molecule has 8 nitrogen and oxygen atoms in total. The fraction of sp³-hybridized carbons (Fsp3) is 0.314. The Hall–Kier alpha value is -4.31. The van der Waals surface area contributed by atoms with E-state index in [1.54, 1.807) is 12.1 Å². The molecule has 0 radical (unpaired) electrons. The lowest BCUT2D eigenvalue weighted by molar-refractivity contribution is -0.139. The molecule has 44 heavy (non-hydrogen) atoms. The summed E-state index contributed by atoms with van der Waals surface area (Å²) in [6, 6.07) is 23.2. The molecule has 4 rings (SSSR count). The van der Waals surface area contributed by atoms with Crippen LogP contribution in [-0.4, -0.2) is 44.0 Å². The Morgan fingerprint density at radius 3 is 2.18 bits per heavy atom. The van der Waals surface area contributed by atoms with E-state index in [4.69, 9.17) is 10.8 Å². The largest absolute Gasteiger partial charge is 0.481 e. The third-order valence-corrected chi connectivity index (χ3v) is 7.58. The Balaban J connectivity index is 1.84. The highest BCUT2D eigenvalue weighted by Crippen LogP contribution is 2.42. The highest BCUT2D eigenvalue weighted by molar-refractivity contribution is 6.05. The smallest absolute Gasteiger partial charge is 0.305 e. The van der Waals surface area contributed by atoms with Gasteiger partial charge < -0.3 is 30.9 Å². The van der Waals surface area contributed by atoms with E-state index in [0.717, 1.165) is 27.9 Å². The van der Waals surface area contributed by atoms with Crippen LogP contribution in [0.5, 0.6) is 0 Å². The fourth-order valence-electron chi connectivity index (χ4n) is 5.64. The maximum atomic E-state index is 14.2. The van der Waals surface area contributed by atoms with Gasteiger partial charge in [-0.05, 0) is 67.5 Å². The maximum absolute atomic E-state index is 14.2. The first-order chi connectivity index (χ1) is 21.1. The van der Waals surface area contributed by atoms with Crippen LogP contribution in [0.1, 0.15) is 66.5 Å². The quantitative estimate of drug-likeness (QED) is 0.130. The van der Waals surface area contributed by atoms with Crippen molar-refractivity contribution in [2.45, 2.75) is 70.9 Å². The lowest BCUT2D eigenvalue weighted by Crippen LogP contribution is -2.27. The van der Waals surface area contributed by atoms with Crippen LogP contribution in [0.2, 0.25) is 0 Å². The Morgan fingerprint density at radius 2 is 1.55 bits per heavy atom. The van der Waals surface area contributed by atoms with Crippen LogP contribution in [0.3, 0.4) is 0 Å². The van der Waals surface area contributed by atoms with E-state index in [1.165, 1.54) is 12.1 Å². The van der Waals surface area contributed by atoms with Gasteiger partial charge >= 0.3 is 5.97 Å². The Morgan fingerprint density at radius 1 is 0.886 bits per heavy atom. The van der Waals surface area contributed by atoms with Crippen LogP contribution < -0.4 is 11.1 Å². The number of hydrogen-bond acceptors (Lipinski definition) is 5. The fourth-order valence-corrected chi connectivity index (χ4v) is 5.64. The molecule has 0 bridgehead atoms. The number of nitrogens with two attached hydrogens (primary N) is 1. The monoisotopic (exact) mass is 601 g/mol. The summed E-state index contributed by atoms with van der Waals surface area (Å²) >= 11 is 0. The van der Waals surface area contributed by atoms with Crippen molar-refractivity contribution >= 4 is 11.9 Å². The maximum Gasteiger partial charge on any atom is 0.305 e. The van der Waals surface area contributed by atoms with Gasteiger partial charge in [0.25, 0.3) is 5.91 Å². The second kappa shape index (κ2) is 14.9. The molecule has 0 aliphatic carbocycles. The van der Waals surface area contributed by atoms with Gasteiger partial charge in [0.1, 0.15) is 11.5 Å². The van der Waals surface area contributed by atoms with Crippen LogP contribution in [0, 0.1) is 5.82 Å². The molecule has 0 fully saturated rings. The predicted octanol–water partition coefficient (Wildman–Crippen LogP) is 5.45. The number of amides is 1. The van der Waals surface area contributed by atoms with E-state index in [-0.39, 0.29) is 37.2 Å². The number of hydrogen-bond donors (Lipinski definition) is 5.